The summed E-state index contributed by atoms with van der Waals surface area (Å²) in [4.78, 5) is 0. The van der Waals surface area contributed by atoms with Crippen molar-refractivity contribution in [1.82, 2.24) is 10.6 Å². The van der Waals surface area contributed by atoms with Gasteiger partial charge in [0.05, 0.1) is 11.6 Å². The molecule has 0 radical (unpaired) electrons. The largest absolute Gasteiger partial charge is 0.376 e. The summed E-state index contributed by atoms with van der Waals surface area (Å²) >= 11 is 5.26. The highest BCUT2D eigenvalue weighted by Gasteiger charge is 2.24. The Hall–Kier alpha value is -0.790. The van der Waals surface area contributed by atoms with E-state index < -0.39 is 0 Å². The summed E-state index contributed by atoms with van der Waals surface area (Å²) in [6.45, 7) is 5.77. The van der Waals surface area contributed by atoms with Gasteiger partial charge >= 0.3 is 0 Å². The molecular formula is C13H22N2OS. The molecular weight excluding hydrogens is 232 g/mol. The second-order valence-corrected chi connectivity index (χ2v) is 4.81. The van der Waals surface area contributed by atoms with Gasteiger partial charge in [-0.2, -0.15) is 0 Å². The number of ether oxygens (including phenoxy) is 1. The van der Waals surface area contributed by atoms with E-state index in [1.807, 2.05) is 0 Å². The van der Waals surface area contributed by atoms with Gasteiger partial charge in [0.25, 0.3) is 0 Å². The molecule has 1 aliphatic rings. The van der Waals surface area contributed by atoms with E-state index in [-0.39, 0.29) is 5.54 Å². The van der Waals surface area contributed by atoms with E-state index in [1.54, 1.807) is 0 Å². The molecule has 3 nitrogen and oxygen atoms in total. The molecule has 1 saturated heterocycles. The molecule has 96 valence electrons. The van der Waals surface area contributed by atoms with Crippen molar-refractivity contribution in [2.45, 2.75) is 51.2 Å². The molecule has 1 rings (SSSR count). The predicted molar refractivity (Wildman–Crippen MR) is 74.9 cm³/mol. The van der Waals surface area contributed by atoms with Crippen LogP contribution in [0.25, 0.3) is 0 Å². The number of hydrogen-bond donors (Lipinski definition) is 2. The molecule has 0 bridgehead atoms. The van der Waals surface area contributed by atoms with Crippen molar-refractivity contribution < 1.29 is 4.74 Å². The van der Waals surface area contributed by atoms with Gasteiger partial charge in [-0.1, -0.05) is 19.8 Å². The highest BCUT2D eigenvalue weighted by molar-refractivity contribution is 7.80. The summed E-state index contributed by atoms with van der Waals surface area (Å²) < 4.78 is 5.52. The molecule has 0 amide bonds. The van der Waals surface area contributed by atoms with Crippen LogP contribution in [0.5, 0.6) is 0 Å². The Morgan fingerprint density at radius 2 is 2.24 bits per heavy atom. The molecule has 0 saturated carbocycles. The minimum Gasteiger partial charge on any atom is -0.376 e. The van der Waals surface area contributed by atoms with Gasteiger partial charge < -0.3 is 15.4 Å². The van der Waals surface area contributed by atoms with Crippen LogP contribution in [-0.4, -0.2) is 29.9 Å². The molecule has 17 heavy (non-hydrogen) atoms. The van der Waals surface area contributed by atoms with Crippen LogP contribution in [0.15, 0.2) is 0 Å². The second-order valence-electron chi connectivity index (χ2n) is 4.40. The minimum absolute atomic E-state index is 0.290. The third-order valence-corrected chi connectivity index (χ3v) is 3.60. The van der Waals surface area contributed by atoms with Crippen molar-refractivity contribution in [3.05, 3.63) is 0 Å². The maximum absolute atomic E-state index is 5.57. The Bertz CT molecular complexity index is 288. The van der Waals surface area contributed by atoms with Crippen molar-refractivity contribution in [3.63, 3.8) is 0 Å². The Morgan fingerprint density at radius 1 is 1.53 bits per heavy atom. The molecule has 1 fully saturated rings. The van der Waals surface area contributed by atoms with Crippen molar-refractivity contribution in [2.75, 3.05) is 13.2 Å². The summed E-state index contributed by atoms with van der Waals surface area (Å²) in [6.07, 6.45) is 9.84. The van der Waals surface area contributed by atoms with Gasteiger partial charge in [-0.25, -0.2) is 0 Å². The summed E-state index contributed by atoms with van der Waals surface area (Å²) in [6, 6.07) is 0. The number of hydrogen-bond acceptors (Lipinski definition) is 2. The lowest BCUT2D eigenvalue weighted by Crippen LogP contribution is -2.51. The van der Waals surface area contributed by atoms with E-state index in [9.17, 15) is 0 Å². The molecule has 1 heterocycles. The maximum Gasteiger partial charge on any atom is 0.167 e. The fourth-order valence-corrected chi connectivity index (χ4v) is 2.22. The average molecular weight is 254 g/mol. The van der Waals surface area contributed by atoms with Crippen LogP contribution < -0.4 is 10.6 Å². The lowest BCUT2D eigenvalue weighted by molar-refractivity contribution is 0.114. The molecule has 0 aliphatic carbocycles. The maximum atomic E-state index is 5.57. The van der Waals surface area contributed by atoms with Crippen LogP contribution in [0.3, 0.4) is 0 Å². The topological polar surface area (TPSA) is 33.3 Å². The van der Waals surface area contributed by atoms with Gasteiger partial charge in [0, 0.05) is 13.2 Å². The van der Waals surface area contributed by atoms with Gasteiger partial charge in [-0.3, -0.25) is 0 Å². The van der Waals surface area contributed by atoms with Crippen LogP contribution >= 0.6 is 12.2 Å². The van der Waals surface area contributed by atoms with Gasteiger partial charge in [-0.05, 0) is 37.9 Å². The molecule has 0 aromatic heterocycles. The fraction of sp³-hybridized carbons (Fsp3) is 0.769. The van der Waals surface area contributed by atoms with Crippen molar-refractivity contribution in [2.24, 2.45) is 0 Å². The molecule has 0 aromatic rings. The second kappa shape index (κ2) is 6.83. The van der Waals surface area contributed by atoms with Crippen LogP contribution in [0.1, 0.15) is 39.5 Å². The van der Waals surface area contributed by atoms with Crippen LogP contribution in [-0.2, 0) is 4.74 Å². The van der Waals surface area contributed by atoms with E-state index in [2.05, 4.69) is 30.4 Å². The molecule has 0 aromatic carbocycles. The highest BCUT2D eigenvalue weighted by atomic mass is 32.1. The van der Waals surface area contributed by atoms with Crippen molar-refractivity contribution in [1.29, 1.82) is 0 Å². The van der Waals surface area contributed by atoms with Crippen LogP contribution in [0.2, 0.25) is 0 Å². The number of terminal acetylenes is 1. The summed E-state index contributed by atoms with van der Waals surface area (Å²) in [5.74, 6) is 2.80. The van der Waals surface area contributed by atoms with Gasteiger partial charge in [-0.15, -0.1) is 6.42 Å². The van der Waals surface area contributed by atoms with Crippen LogP contribution in [0, 0.1) is 12.3 Å². The van der Waals surface area contributed by atoms with Crippen molar-refractivity contribution in [3.8, 4) is 12.3 Å². The third kappa shape index (κ3) is 4.18. The SMILES string of the molecule is C#CC(CC)(CC)NC(=S)NCC1CCCO1. The van der Waals surface area contributed by atoms with Gasteiger partial charge in [0.15, 0.2) is 5.11 Å². The van der Waals surface area contributed by atoms with Gasteiger partial charge in [0.1, 0.15) is 0 Å². The zero-order valence-corrected chi connectivity index (χ0v) is 11.5. The summed E-state index contributed by atoms with van der Waals surface area (Å²) in [5.41, 5.74) is -0.319. The van der Waals surface area contributed by atoms with E-state index in [1.165, 1.54) is 0 Å². The number of thiocarbonyl (C=S) groups is 1. The van der Waals surface area contributed by atoms with E-state index in [4.69, 9.17) is 23.4 Å². The first kappa shape index (κ1) is 14.3. The monoisotopic (exact) mass is 254 g/mol. The normalized spacial score (nSPS) is 19.7. The standard InChI is InChI=1S/C13H22N2OS/c1-4-13(5-2,6-3)15-12(17)14-10-11-8-7-9-16-11/h1,11H,5-10H2,2-3H3,(H2,14,15,17). The quantitative estimate of drug-likeness (QED) is 0.579. The first-order valence-electron chi connectivity index (χ1n) is 6.31. The number of rotatable bonds is 5. The molecule has 4 heteroatoms. The Labute approximate surface area is 110 Å². The highest BCUT2D eigenvalue weighted by Crippen LogP contribution is 2.14. The zero-order valence-electron chi connectivity index (χ0n) is 10.7. The fourth-order valence-electron chi connectivity index (χ4n) is 1.94. The summed E-state index contributed by atoms with van der Waals surface area (Å²) in [5, 5.41) is 7.04. The minimum atomic E-state index is -0.319. The molecule has 1 aliphatic heterocycles. The van der Waals surface area contributed by atoms with E-state index in [0.29, 0.717) is 11.2 Å². The lowest BCUT2D eigenvalue weighted by atomic mass is 9.94. The van der Waals surface area contributed by atoms with E-state index in [0.717, 1.165) is 38.8 Å². The molecule has 1 atom stereocenters. The van der Waals surface area contributed by atoms with Gasteiger partial charge in [0.2, 0.25) is 0 Å². The smallest absolute Gasteiger partial charge is 0.167 e. The average Bonchev–Trinajstić information content (AvgIpc) is 2.87. The third-order valence-electron chi connectivity index (χ3n) is 3.35. The lowest BCUT2D eigenvalue weighted by Gasteiger charge is -2.29. The Balaban J connectivity index is 2.34. The zero-order chi connectivity index (χ0) is 12.7. The first-order chi connectivity index (χ1) is 8.15. The van der Waals surface area contributed by atoms with E-state index >= 15 is 0 Å². The van der Waals surface area contributed by atoms with Crippen molar-refractivity contribution >= 4 is 17.3 Å². The first-order valence-corrected chi connectivity index (χ1v) is 6.72. The Morgan fingerprint density at radius 3 is 2.71 bits per heavy atom. The summed E-state index contributed by atoms with van der Waals surface area (Å²) in [7, 11) is 0. The molecule has 1 unspecified atom stereocenters. The van der Waals surface area contributed by atoms with Crippen LogP contribution in [0.4, 0.5) is 0 Å². The number of nitrogens with one attached hydrogen (secondary N) is 2. The Kier molecular flexibility index (Phi) is 5.73. The predicted octanol–water partition coefficient (Wildman–Crippen LogP) is 1.82. The molecule has 0 spiro atoms. The molecule has 2 N–H and O–H groups in total.